The highest BCUT2D eigenvalue weighted by molar-refractivity contribution is 5.79. The zero-order chi connectivity index (χ0) is 24.9. The minimum absolute atomic E-state index is 0.0469. The van der Waals surface area contributed by atoms with E-state index in [0.29, 0.717) is 23.8 Å². The highest BCUT2D eigenvalue weighted by atomic mass is 16.6. The first-order chi connectivity index (χ1) is 17.5. The summed E-state index contributed by atoms with van der Waals surface area (Å²) in [5.74, 6) is 1.85. The SMILES string of the molecule is O=C(C1CCN(Cc2ccncc2)CC1)N1CCN(Cc2ccc(-c3cccc([N+](=O)[O-])c3)o2)CC1. The van der Waals surface area contributed by atoms with Crippen molar-refractivity contribution in [3.63, 3.8) is 0 Å². The number of aromatic nitrogens is 1. The molecule has 0 radical (unpaired) electrons. The molecule has 0 spiro atoms. The van der Waals surface area contributed by atoms with E-state index < -0.39 is 4.92 Å². The zero-order valence-electron chi connectivity index (χ0n) is 20.3. The van der Waals surface area contributed by atoms with Gasteiger partial charge in [-0.2, -0.15) is 0 Å². The summed E-state index contributed by atoms with van der Waals surface area (Å²) < 4.78 is 5.98. The minimum atomic E-state index is -0.403. The van der Waals surface area contributed by atoms with Crippen LogP contribution >= 0.6 is 0 Å². The van der Waals surface area contributed by atoms with Gasteiger partial charge in [0.25, 0.3) is 5.69 Å². The van der Waals surface area contributed by atoms with Gasteiger partial charge in [-0.3, -0.25) is 29.7 Å². The molecule has 36 heavy (non-hydrogen) atoms. The van der Waals surface area contributed by atoms with Crippen LogP contribution in [0.25, 0.3) is 11.3 Å². The molecule has 2 aromatic heterocycles. The largest absolute Gasteiger partial charge is 0.460 e. The number of carbonyl (C=O) groups excluding carboxylic acids is 1. The quantitative estimate of drug-likeness (QED) is 0.368. The van der Waals surface area contributed by atoms with Crippen molar-refractivity contribution in [2.24, 2.45) is 5.92 Å². The number of piperazine rings is 1. The number of non-ortho nitro benzene ring substituents is 1. The fourth-order valence-corrected chi connectivity index (χ4v) is 5.08. The molecule has 4 heterocycles. The second-order valence-corrected chi connectivity index (χ2v) is 9.58. The van der Waals surface area contributed by atoms with Crippen LogP contribution in [0.5, 0.6) is 0 Å². The van der Waals surface area contributed by atoms with Gasteiger partial charge in [-0.1, -0.05) is 12.1 Å². The topological polar surface area (TPSA) is 96.0 Å². The van der Waals surface area contributed by atoms with E-state index in [1.54, 1.807) is 6.07 Å². The molecule has 0 atom stereocenters. The summed E-state index contributed by atoms with van der Waals surface area (Å²) >= 11 is 0. The van der Waals surface area contributed by atoms with Crippen molar-refractivity contribution in [3.05, 3.63) is 82.4 Å². The number of hydrogen-bond donors (Lipinski definition) is 0. The first-order valence-electron chi connectivity index (χ1n) is 12.5. The van der Waals surface area contributed by atoms with Gasteiger partial charge in [-0.15, -0.1) is 0 Å². The normalized spacial score (nSPS) is 17.8. The van der Waals surface area contributed by atoms with Crippen molar-refractivity contribution in [1.82, 2.24) is 19.7 Å². The molecule has 9 nitrogen and oxygen atoms in total. The van der Waals surface area contributed by atoms with E-state index in [0.717, 1.165) is 64.4 Å². The van der Waals surface area contributed by atoms with Crippen molar-refractivity contribution in [2.75, 3.05) is 39.3 Å². The molecule has 2 aliphatic heterocycles. The molecule has 0 aliphatic carbocycles. The Morgan fingerprint density at radius 2 is 1.67 bits per heavy atom. The van der Waals surface area contributed by atoms with Crippen LogP contribution in [-0.2, 0) is 17.9 Å². The number of piperidine rings is 1. The van der Waals surface area contributed by atoms with Gasteiger partial charge in [0, 0.05) is 68.7 Å². The highest BCUT2D eigenvalue weighted by Crippen LogP contribution is 2.27. The number of carbonyl (C=O) groups is 1. The van der Waals surface area contributed by atoms with Crippen molar-refractivity contribution in [3.8, 4) is 11.3 Å². The van der Waals surface area contributed by atoms with Crippen molar-refractivity contribution >= 4 is 11.6 Å². The number of rotatable bonds is 7. The minimum Gasteiger partial charge on any atom is -0.460 e. The number of benzene rings is 1. The van der Waals surface area contributed by atoms with E-state index in [9.17, 15) is 14.9 Å². The Labute approximate surface area is 210 Å². The summed E-state index contributed by atoms with van der Waals surface area (Å²) in [5, 5.41) is 11.0. The molecule has 0 saturated carbocycles. The van der Waals surface area contributed by atoms with E-state index in [1.165, 1.54) is 17.7 Å². The Hall–Kier alpha value is -3.56. The predicted molar refractivity (Wildman–Crippen MR) is 135 cm³/mol. The van der Waals surface area contributed by atoms with Crippen molar-refractivity contribution < 1.29 is 14.1 Å². The lowest BCUT2D eigenvalue weighted by Gasteiger charge is -2.38. The molecular weight excluding hydrogens is 458 g/mol. The molecule has 1 aromatic carbocycles. The number of pyridine rings is 1. The van der Waals surface area contributed by atoms with Crippen molar-refractivity contribution in [2.45, 2.75) is 25.9 Å². The smallest absolute Gasteiger partial charge is 0.270 e. The van der Waals surface area contributed by atoms with Gasteiger partial charge in [0.15, 0.2) is 0 Å². The lowest BCUT2D eigenvalue weighted by molar-refractivity contribution is -0.384. The first-order valence-corrected chi connectivity index (χ1v) is 12.5. The summed E-state index contributed by atoms with van der Waals surface area (Å²) in [6.45, 7) is 6.54. The number of furan rings is 1. The Bertz CT molecular complexity index is 1180. The molecule has 9 heteroatoms. The lowest BCUT2D eigenvalue weighted by Crippen LogP contribution is -2.51. The third-order valence-electron chi connectivity index (χ3n) is 7.16. The zero-order valence-corrected chi connectivity index (χ0v) is 20.3. The maximum atomic E-state index is 13.1. The van der Waals surface area contributed by atoms with Gasteiger partial charge in [0.2, 0.25) is 5.91 Å². The fraction of sp³-hybridized carbons (Fsp3) is 0.407. The molecule has 5 rings (SSSR count). The summed E-state index contributed by atoms with van der Waals surface area (Å²) in [5.41, 5.74) is 2.00. The average molecular weight is 490 g/mol. The van der Waals surface area contributed by atoms with Gasteiger partial charge in [-0.25, -0.2) is 0 Å². The molecule has 0 bridgehead atoms. The second-order valence-electron chi connectivity index (χ2n) is 9.58. The van der Waals surface area contributed by atoms with Gasteiger partial charge in [-0.05, 0) is 55.8 Å². The van der Waals surface area contributed by atoms with E-state index in [4.69, 9.17) is 4.42 Å². The molecule has 188 valence electrons. The van der Waals surface area contributed by atoms with Crippen LogP contribution in [0.4, 0.5) is 5.69 Å². The maximum absolute atomic E-state index is 13.1. The van der Waals surface area contributed by atoms with Gasteiger partial charge >= 0.3 is 0 Å². The third-order valence-corrected chi connectivity index (χ3v) is 7.16. The molecule has 3 aromatic rings. The van der Waals surface area contributed by atoms with Crippen LogP contribution in [0.15, 0.2) is 65.3 Å². The van der Waals surface area contributed by atoms with Crippen LogP contribution in [0.1, 0.15) is 24.2 Å². The number of nitro benzene ring substituents is 1. The van der Waals surface area contributed by atoms with Gasteiger partial charge < -0.3 is 9.32 Å². The molecule has 2 aliphatic rings. The molecular formula is C27H31N5O4. The first kappa shape index (κ1) is 24.1. The predicted octanol–water partition coefficient (Wildman–Crippen LogP) is 3.81. The Morgan fingerprint density at radius 3 is 2.39 bits per heavy atom. The number of nitrogens with zero attached hydrogens (tertiary/aromatic N) is 5. The van der Waals surface area contributed by atoms with Crippen molar-refractivity contribution in [1.29, 1.82) is 0 Å². The standard InChI is InChI=1S/C27H31N5O4/c33-27(22-8-12-29(13-9-22)19-21-6-10-28-11-7-21)31-16-14-30(15-17-31)20-25-4-5-26(36-25)23-2-1-3-24(18-23)32(34)35/h1-7,10-11,18,22H,8-9,12-17,19-20H2. The number of likely N-dealkylation sites (tertiary alicyclic amines) is 1. The summed E-state index contributed by atoms with van der Waals surface area (Å²) in [6, 6.07) is 14.3. The maximum Gasteiger partial charge on any atom is 0.270 e. The van der Waals surface area contributed by atoms with Gasteiger partial charge in [0.1, 0.15) is 11.5 Å². The molecule has 2 fully saturated rings. The number of hydrogen-bond acceptors (Lipinski definition) is 7. The molecule has 2 saturated heterocycles. The summed E-state index contributed by atoms with van der Waals surface area (Å²) in [6.07, 6.45) is 5.48. The Balaban J connectivity index is 1.08. The second kappa shape index (κ2) is 11.0. The Kier molecular flexibility index (Phi) is 7.39. The Morgan fingerprint density at radius 1 is 0.944 bits per heavy atom. The molecule has 1 amide bonds. The summed E-state index contributed by atoms with van der Waals surface area (Å²) in [4.78, 5) is 34.6. The third kappa shape index (κ3) is 5.80. The highest BCUT2D eigenvalue weighted by Gasteiger charge is 2.30. The van der Waals surface area contributed by atoms with Crippen LogP contribution < -0.4 is 0 Å². The van der Waals surface area contributed by atoms with E-state index in [2.05, 4.69) is 14.8 Å². The number of nitro groups is 1. The van der Waals surface area contributed by atoms with Crippen LogP contribution in [-0.4, -0.2) is 69.8 Å². The van der Waals surface area contributed by atoms with Crippen LogP contribution in [0.2, 0.25) is 0 Å². The lowest BCUT2D eigenvalue weighted by atomic mass is 9.94. The molecule has 0 N–H and O–H groups in total. The fourth-order valence-electron chi connectivity index (χ4n) is 5.08. The molecule has 0 unspecified atom stereocenters. The number of amides is 1. The van der Waals surface area contributed by atoms with Crippen LogP contribution in [0, 0.1) is 16.0 Å². The van der Waals surface area contributed by atoms with E-state index in [-0.39, 0.29) is 11.6 Å². The monoisotopic (exact) mass is 489 g/mol. The van der Waals surface area contributed by atoms with Crippen LogP contribution in [0.3, 0.4) is 0 Å². The van der Waals surface area contributed by atoms with E-state index in [1.807, 2.05) is 47.6 Å². The summed E-state index contributed by atoms with van der Waals surface area (Å²) in [7, 11) is 0. The van der Waals surface area contributed by atoms with Gasteiger partial charge in [0.05, 0.1) is 11.5 Å². The average Bonchev–Trinajstić information content (AvgIpc) is 3.38. The van der Waals surface area contributed by atoms with E-state index >= 15 is 0 Å².